The monoisotopic (exact) mass is 288 g/mol. The lowest BCUT2D eigenvalue weighted by Gasteiger charge is -2.03. The summed E-state index contributed by atoms with van der Waals surface area (Å²) in [5.41, 5.74) is 0.692. The van der Waals surface area contributed by atoms with Crippen molar-refractivity contribution in [2.45, 2.75) is 10.8 Å². The van der Waals surface area contributed by atoms with E-state index in [1.807, 2.05) is 0 Å². The van der Waals surface area contributed by atoms with E-state index in [0.29, 0.717) is 5.76 Å². The zero-order valence-corrected chi connectivity index (χ0v) is 10.5. The number of carboxylic acids is 1. The molecule has 2 heterocycles. The van der Waals surface area contributed by atoms with E-state index >= 15 is 0 Å². The number of nitrogens with one attached hydrogen (secondary N) is 1. The standard InChI is InChI=1S/C9H8N2O5S2/c12-8(13)7-9(17-5-10-7)18(14,15)11-4-6-2-1-3-16-6/h1-3,5,11H,4H2,(H,12,13). The van der Waals surface area contributed by atoms with Gasteiger partial charge in [-0.05, 0) is 12.1 Å². The van der Waals surface area contributed by atoms with Crippen molar-refractivity contribution in [2.75, 3.05) is 0 Å². The highest BCUT2D eigenvalue weighted by atomic mass is 32.2. The SMILES string of the molecule is O=C(O)c1ncsc1S(=O)(=O)NCc1ccco1. The van der Waals surface area contributed by atoms with Crippen LogP contribution in [0.15, 0.2) is 32.5 Å². The second kappa shape index (κ2) is 4.88. The van der Waals surface area contributed by atoms with Gasteiger partial charge in [0.05, 0.1) is 18.3 Å². The summed E-state index contributed by atoms with van der Waals surface area (Å²) in [6.07, 6.45) is 1.42. The van der Waals surface area contributed by atoms with Crippen LogP contribution in [0.25, 0.3) is 0 Å². The summed E-state index contributed by atoms with van der Waals surface area (Å²) in [5, 5.41) is 8.80. The second-order valence-electron chi connectivity index (χ2n) is 3.20. The maximum atomic E-state index is 11.9. The molecule has 0 aliphatic rings. The zero-order chi connectivity index (χ0) is 13.2. The van der Waals surface area contributed by atoms with Gasteiger partial charge in [-0.3, -0.25) is 0 Å². The lowest BCUT2D eigenvalue weighted by atomic mass is 10.5. The first-order chi connectivity index (χ1) is 8.50. The normalized spacial score (nSPS) is 11.6. The molecule has 0 radical (unpaired) electrons. The molecule has 2 N–H and O–H groups in total. The van der Waals surface area contributed by atoms with Gasteiger partial charge in [0.1, 0.15) is 5.76 Å². The number of aromatic carboxylic acids is 1. The molecular formula is C9H8N2O5S2. The van der Waals surface area contributed by atoms with Gasteiger partial charge in [0, 0.05) is 0 Å². The van der Waals surface area contributed by atoms with Crippen LogP contribution >= 0.6 is 11.3 Å². The molecule has 7 nitrogen and oxygen atoms in total. The van der Waals surface area contributed by atoms with Gasteiger partial charge in [-0.2, -0.15) is 0 Å². The quantitative estimate of drug-likeness (QED) is 0.846. The van der Waals surface area contributed by atoms with Crippen LogP contribution in [-0.2, 0) is 16.6 Å². The molecule has 2 aromatic rings. The molecule has 0 spiro atoms. The summed E-state index contributed by atoms with van der Waals surface area (Å²) in [7, 11) is -3.90. The highest BCUT2D eigenvalue weighted by molar-refractivity contribution is 7.91. The number of rotatable bonds is 5. The lowest BCUT2D eigenvalue weighted by molar-refractivity contribution is 0.0687. The Morgan fingerprint density at radius 2 is 2.33 bits per heavy atom. The van der Waals surface area contributed by atoms with E-state index in [1.54, 1.807) is 12.1 Å². The highest BCUT2D eigenvalue weighted by Gasteiger charge is 2.25. The molecule has 0 fully saturated rings. The Morgan fingerprint density at radius 3 is 2.94 bits per heavy atom. The zero-order valence-electron chi connectivity index (χ0n) is 8.86. The van der Waals surface area contributed by atoms with Gasteiger partial charge >= 0.3 is 5.97 Å². The van der Waals surface area contributed by atoms with Gasteiger partial charge in [-0.15, -0.1) is 11.3 Å². The Kier molecular flexibility index (Phi) is 3.45. The number of carboxylic acid groups (broad SMARTS) is 1. The average Bonchev–Trinajstić information content (AvgIpc) is 2.98. The third-order valence-electron chi connectivity index (χ3n) is 2.00. The predicted molar refractivity (Wildman–Crippen MR) is 61.8 cm³/mol. The van der Waals surface area contributed by atoms with E-state index < -0.39 is 21.7 Å². The molecule has 0 saturated heterocycles. The van der Waals surface area contributed by atoms with Gasteiger partial charge in [0.15, 0.2) is 9.90 Å². The van der Waals surface area contributed by atoms with E-state index in [0.717, 1.165) is 11.3 Å². The molecule has 2 rings (SSSR count). The summed E-state index contributed by atoms with van der Waals surface area (Å²) in [6.45, 7) is -0.0493. The fraction of sp³-hybridized carbons (Fsp3) is 0.111. The van der Waals surface area contributed by atoms with Gasteiger partial charge < -0.3 is 9.52 Å². The summed E-state index contributed by atoms with van der Waals surface area (Å²) >= 11 is 0.749. The minimum Gasteiger partial charge on any atom is -0.476 e. The van der Waals surface area contributed by atoms with E-state index in [4.69, 9.17) is 9.52 Å². The van der Waals surface area contributed by atoms with Crippen molar-refractivity contribution in [2.24, 2.45) is 0 Å². The smallest absolute Gasteiger partial charge is 0.356 e. The first-order valence-corrected chi connectivity index (χ1v) is 7.06. The van der Waals surface area contributed by atoms with E-state index in [-0.39, 0.29) is 10.8 Å². The maximum Gasteiger partial charge on any atom is 0.356 e. The number of hydrogen-bond donors (Lipinski definition) is 2. The molecule has 0 bridgehead atoms. The number of aromatic nitrogens is 1. The largest absolute Gasteiger partial charge is 0.476 e. The molecule has 96 valence electrons. The highest BCUT2D eigenvalue weighted by Crippen LogP contribution is 2.20. The summed E-state index contributed by atoms with van der Waals surface area (Å²) in [5.74, 6) is -0.949. The Labute approximate surface area is 106 Å². The molecule has 0 unspecified atom stereocenters. The maximum absolute atomic E-state index is 11.9. The van der Waals surface area contributed by atoms with Crippen molar-refractivity contribution < 1.29 is 22.7 Å². The number of furan rings is 1. The van der Waals surface area contributed by atoms with Crippen molar-refractivity contribution in [1.29, 1.82) is 0 Å². The minimum absolute atomic E-state index is 0.0493. The van der Waals surface area contributed by atoms with Gasteiger partial charge in [0.25, 0.3) is 10.0 Å². The third kappa shape index (κ3) is 2.58. The number of nitrogens with zero attached hydrogens (tertiary/aromatic N) is 1. The van der Waals surface area contributed by atoms with Gasteiger partial charge in [0.2, 0.25) is 0 Å². The van der Waals surface area contributed by atoms with Crippen LogP contribution in [0.2, 0.25) is 0 Å². The Morgan fingerprint density at radius 1 is 1.56 bits per heavy atom. The topological polar surface area (TPSA) is 109 Å². The number of thiazole rings is 1. The Bertz CT molecular complexity index is 644. The molecule has 2 aromatic heterocycles. The van der Waals surface area contributed by atoms with Crippen LogP contribution in [0, 0.1) is 0 Å². The molecule has 0 aliphatic heterocycles. The van der Waals surface area contributed by atoms with E-state index in [2.05, 4.69) is 9.71 Å². The van der Waals surface area contributed by atoms with Crippen molar-refractivity contribution in [3.05, 3.63) is 35.4 Å². The minimum atomic E-state index is -3.90. The van der Waals surface area contributed by atoms with Crippen molar-refractivity contribution in [3.63, 3.8) is 0 Å². The van der Waals surface area contributed by atoms with E-state index in [1.165, 1.54) is 11.8 Å². The number of sulfonamides is 1. The number of hydrogen-bond acceptors (Lipinski definition) is 6. The first kappa shape index (κ1) is 12.7. The number of carbonyl (C=O) groups is 1. The molecule has 0 aromatic carbocycles. The van der Waals surface area contributed by atoms with Crippen LogP contribution in [0.4, 0.5) is 0 Å². The molecule has 18 heavy (non-hydrogen) atoms. The molecular weight excluding hydrogens is 280 g/mol. The lowest BCUT2D eigenvalue weighted by Crippen LogP contribution is -2.24. The third-order valence-corrected chi connectivity index (χ3v) is 4.77. The molecule has 0 amide bonds. The van der Waals surface area contributed by atoms with Crippen molar-refractivity contribution in [1.82, 2.24) is 9.71 Å². The van der Waals surface area contributed by atoms with Crippen molar-refractivity contribution in [3.8, 4) is 0 Å². The summed E-state index contributed by atoms with van der Waals surface area (Å²) < 4.78 is 30.6. The summed E-state index contributed by atoms with van der Waals surface area (Å²) in [6, 6.07) is 3.23. The Balaban J connectivity index is 2.20. The first-order valence-electron chi connectivity index (χ1n) is 4.69. The van der Waals surface area contributed by atoms with Crippen LogP contribution in [0.1, 0.15) is 16.2 Å². The van der Waals surface area contributed by atoms with Crippen LogP contribution < -0.4 is 4.72 Å². The van der Waals surface area contributed by atoms with Gasteiger partial charge in [-0.1, -0.05) is 0 Å². The average molecular weight is 288 g/mol. The van der Waals surface area contributed by atoms with E-state index in [9.17, 15) is 13.2 Å². The predicted octanol–water partition coefficient (Wildman–Crippen LogP) is 0.913. The van der Waals surface area contributed by atoms with Crippen LogP contribution in [0.5, 0.6) is 0 Å². The summed E-state index contributed by atoms with van der Waals surface area (Å²) in [4.78, 5) is 14.3. The second-order valence-corrected chi connectivity index (χ2v) is 6.01. The molecule has 0 aliphatic carbocycles. The van der Waals surface area contributed by atoms with Crippen LogP contribution in [-0.4, -0.2) is 24.5 Å². The Hall–Kier alpha value is -1.71. The van der Waals surface area contributed by atoms with Gasteiger partial charge in [-0.25, -0.2) is 22.9 Å². The van der Waals surface area contributed by atoms with Crippen LogP contribution in [0.3, 0.4) is 0 Å². The van der Waals surface area contributed by atoms with Crippen molar-refractivity contribution >= 4 is 27.3 Å². The fourth-order valence-corrected chi connectivity index (χ4v) is 3.39. The molecule has 0 saturated carbocycles. The molecule has 0 atom stereocenters. The fourth-order valence-electron chi connectivity index (χ4n) is 1.21. The molecule has 9 heteroatoms.